The largest absolute Gasteiger partial charge is 0.469 e. The van der Waals surface area contributed by atoms with E-state index < -0.39 is 0 Å². The van der Waals surface area contributed by atoms with Crippen molar-refractivity contribution < 1.29 is 4.42 Å². The summed E-state index contributed by atoms with van der Waals surface area (Å²) >= 11 is 0. The van der Waals surface area contributed by atoms with Crippen LogP contribution in [0.25, 0.3) is 0 Å². The van der Waals surface area contributed by atoms with Gasteiger partial charge in [0.25, 0.3) is 0 Å². The van der Waals surface area contributed by atoms with Crippen molar-refractivity contribution in [1.29, 1.82) is 0 Å². The third kappa shape index (κ3) is 0.845. The maximum Gasteiger partial charge on any atom is 0.107 e. The molecule has 12 heavy (non-hydrogen) atoms. The van der Waals surface area contributed by atoms with Crippen molar-refractivity contribution in [2.75, 3.05) is 6.54 Å². The van der Waals surface area contributed by atoms with Gasteiger partial charge in [-0.2, -0.15) is 0 Å². The third-order valence-corrected chi connectivity index (χ3v) is 3.27. The van der Waals surface area contributed by atoms with Gasteiger partial charge < -0.3 is 9.73 Å². The number of hydrogen-bond acceptors (Lipinski definition) is 2. The number of hydrogen-bond donors (Lipinski definition) is 1. The molecule has 0 aromatic carbocycles. The Hall–Kier alpha value is -0.760. The Morgan fingerprint density at radius 3 is 3.00 bits per heavy atom. The van der Waals surface area contributed by atoms with Crippen LogP contribution in [0.3, 0.4) is 0 Å². The summed E-state index contributed by atoms with van der Waals surface area (Å²) in [5.74, 6) is 2.73. The van der Waals surface area contributed by atoms with Crippen LogP contribution in [0.4, 0.5) is 0 Å². The van der Waals surface area contributed by atoms with Crippen LogP contribution >= 0.6 is 0 Å². The maximum absolute atomic E-state index is 5.44. The van der Waals surface area contributed by atoms with E-state index in [1.807, 2.05) is 6.07 Å². The van der Waals surface area contributed by atoms with Gasteiger partial charge in [-0.3, -0.25) is 0 Å². The molecule has 2 fully saturated rings. The molecule has 1 saturated carbocycles. The molecule has 0 spiro atoms. The maximum atomic E-state index is 5.44. The summed E-state index contributed by atoms with van der Waals surface area (Å²) in [5, 5.41) is 3.51. The van der Waals surface area contributed by atoms with E-state index in [9.17, 15) is 0 Å². The molecule has 1 aliphatic carbocycles. The topological polar surface area (TPSA) is 25.2 Å². The highest BCUT2D eigenvalue weighted by Gasteiger charge is 2.41. The standard InChI is InChI=1S/C10H13NO/c1-2-10(12-3-1)9-5-8-4-7(9)6-11-8/h1-3,7-9,11H,4-6H2/t7-,8-,9+/m1/s1. The molecule has 2 nitrogen and oxygen atoms in total. The third-order valence-electron chi connectivity index (χ3n) is 3.27. The molecule has 1 aliphatic heterocycles. The Kier molecular flexibility index (Phi) is 1.32. The van der Waals surface area contributed by atoms with Crippen molar-refractivity contribution in [1.82, 2.24) is 5.32 Å². The fraction of sp³-hybridized carbons (Fsp3) is 0.600. The Bertz CT molecular complexity index is 267. The van der Waals surface area contributed by atoms with E-state index in [0.29, 0.717) is 5.92 Å². The number of nitrogens with one attached hydrogen (secondary N) is 1. The van der Waals surface area contributed by atoms with Crippen LogP contribution in [0.5, 0.6) is 0 Å². The fourth-order valence-electron chi connectivity index (χ4n) is 2.69. The molecule has 3 rings (SSSR count). The smallest absolute Gasteiger partial charge is 0.107 e. The predicted octanol–water partition coefficient (Wildman–Crippen LogP) is 1.74. The lowest BCUT2D eigenvalue weighted by atomic mass is 9.93. The van der Waals surface area contributed by atoms with Gasteiger partial charge in [0.15, 0.2) is 0 Å². The molecule has 1 saturated heterocycles. The Balaban J connectivity index is 1.87. The molecule has 0 unspecified atom stereocenters. The summed E-state index contributed by atoms with van der Waals surface area (Å²) in [6.07, 6.45) is 4.41. The van der Waals surface area contributed by atoms with Crippen LogP contribution < -0.4 is 5.32 Å². The second kappa shape index (κ2) is 2.36. The van der Waals surface area contributed by atoms with Crippen molar-refractivity contribution in [2.24, 2.45) is 5.92 Å². The van der Waals surface area contributed by atoms with Crippen LogP contribution in [0.2, 0.25) is 0 Å². The van der Waals surface area contributed by atoms with E-state index in [1.54, 1.807) is 6.26 Å². The molecule has 1 aromatic rings. The van der Waals surface area contributed by atoms with E-state index in [2.05, 4.69) is 11.4 Å². The molecule has 2 heterocycles. The average Bonchev–Trinajstić information content (AvgIpc) is 2.81. The van der Waals surface area contributed by atoms with E-state index in [1.165, 1.54) is 25.1 Å². The van der Waals surface area contributed by atoms with Crippen molar-refractivity contribution >= 4 is 0 Å². The van der Waals surface area contributed by atoms with Crippen molar-refractivity contribution in [3.05, 3.63) is 24.2 Å². The Morgan fingerprint density at radius 2 is 2.42 bits per heavy atom. The molecule has 1 N–H and O–H groups in total. The van der Waals surface area contributed by atoms with E-state index in [-0.39, 0.29) is 0 Å². The van der Waals surface area contributed by atoms with E-state index >= 15 is 0 Å². The normalized spacial score (nSPS) is 39.2. The first-order valence-corrected chi connectivity index (χ1v) is 4.70. The summed E-state index contributed by atoms with van der Waals surface area (Å²) in [6.45, 7) is 1.19. The van der Waals surface area contributed by atoms with Gasteiger partial charge in [-0.15, -0.1) is 0 Å². The second-order valence-corrected chi connectivity index (χ2v) is 3.96. The molecule has 2 heteroatoms. The average molecular weight is 163 g/mol. The van der Waals surface area contributed by atoms with Gasteiger partial charge in [-0.25, -0.2) is 0 Å². The van der Waals surface area contributed by atoms with Gasteiger partial charge in [0.2, 0.25) is 0 Å². The highest BCUT2D eigenvalue weighted by Crippen LogP contribution is 2.43. The summed E-state index contributed by atoms with van der Waals surface area (Å²) in [5.41, 5.74) is 0. The number of rotatable bonds is 1. The van der Waals surface area contributed by atoms with Gasteiger partial charge in [-0.1, -0.05) is 0 Å². The van der Waals surface area contributed by atoms with Gasteiger partial charge in [0, 0.05) is 12.0 Å². The van der Waals surface area contributed by atoms with Crippen LogP contribution in [0.15, 0.2) is 22.8 Å². The summed E-state index contributed by atoms with van der Waals surface area (Å²) in [7, 11) is 0. The highest BCUT2D eigenvalue weighted by molar-refractivity contribution is 5.13. The van der Waals surface area contributed by atoms with Crippen molar-refractivity contribution in [2.45, 2.75) is 24.8 Å². The van der Waals surface area contributed by atoms with Gasteiger partial charge >= 0.3 is 0 Å². The molecule has 2 bridgehead atoms. The zero-order chi connectivity index (χ0) is 7.97. The molecule has 1 aromatic heterocycles. The molecule has 0 amide bonds. The van der Waals surface area contributed by atoms with Gasteiger partial charge in [-0.05, 0) is 37.4 Å². The minimum atomic E-state index is 0.700. The zero-order valence-electron chi connectivity index (χ0n) is 6.99. The Morgan fingerprint density at radius 1 is 1.42 bits per heavy atom. The SMILES string of the molecule is c1coc([C@H]2C[C@H]3C[C@@H]2CN3)c1. The zero-order valence-corrected chi connectivity index (χ0v) is 6.99. The molecular weight excluding hydrogens is 150 g/mol. The Labute approximate surface area is 72.0 Å². The summed E-state index contributed by atoms with van der Waals surface area (Å²) in [6, 6.07) is 4.88. The lowest BCUT2D eigenvalue weighted by Crippen LogP contribution is -2.28. The first-order chi connectivity index (χ1) is 5.93. The van der Waals surface area contributed by atoms with Gasteiger partial charge in [0.1, 0.15) is 5.76 Å². The lowest BCUT2D eigenvalue weighted by molar-refractivity contribution is 0.370. The second-order valence-electron chi connectivity index (χ2n) is 3.96. The van der Waals surface area contributed by atoms with Crippen molar-refractivity contribution in [3.63, 3.8) is 0 Å². The molecule has 0 radical (unpaired) electrons. The van der Waals surface area contributed by atoms with E-state index in [4.69, 9.17) is 4.42 Å². The quantitative estimate of drug-likeness (QED) is 0.682. The first kappa shape index (κ1) is 6.72. The molecular formula is C10H13NO. The number of fused-ring (bicyclic) bond motifs is 2. The van der Waals surface area contributed by atoms with Crippen molar-refractivity contribution in [3.8, 4) is 0 Å². The van der Waals surface area contributed by atoms with E-state index in [0.717, 1.165) is 12.0 Å². The number of furan rings is 1. The summed E-state index contributed by atoms with van der Waals surface area (Å²) in [4.78, 5) is 0. The highest BCUT2D eigenvalue weighted by atomic mass is 16.3. The minimum Gasteiger partial charge on any atom is -0.469 e. The molecule has 64 valence electrons. The first-order valence-electron chi connectivity index (χ1n) is 4.70. The lowest BCUT2D eigenvalue weighted by Gasteiger charge is -2.19. The number of piperidine rings is 1. The fourth-order valence-corrected chi connectivity index (χ4v) is 2.69. The predicted molar refractivity (Wildman–Crippen MR) is 46.0 cm³/mol. The van der Waals surface area contributed by atoms with Crippen LogP contribution in [-0.4, -0.2) is 12.6 Å². The molecule has 2 aliphatic rings. The van der Waals surface area contributed by atoms with Crippen LogP contribution in [0, 0.1) is 5.92 Å². The molecule has 3 atom stereocenters. The van der Waals surface area contributed by atoms with Gasteiger partial charge in [0.05, 0.1) is 6.26 Å². The monoisotopic (exact) mass is 163 g/mol. The van der Waals surface area contributed by atoms with Crippen LogP contribution in [-0.2, 0) is 0 Å². The summed E-state index contributed by atoms with van der Waals surface area (Å²) < 4.78 is 5.44. The minimum absolute atomic E-state index is 0.700. The van der Waals surface area contributed by atoms with Crippen LogP contribution in [0.1, 0.15) is 24.5 Å².